The number of rotatable bonds is 5. The van der Waals surface area contributed by atoms with Crippen LogP contribution in [0.2, 0.25) is 5.02 Å². The molecule has 2 aliphatic heterocycles. The van der Waals surface area contributed by atoms with E-state index in [1.54, 1.807) is 25.3 Å². The number of benzene rings is 2. The van der Waals surface area contributed by atoms with E-state index in [4.69, 9.17) is 21.1 Å². The van der Waals surface area contributed by atoms with Gasteiger partial charge >= 0.3 is 6.03 Å². The molecule has 2 saturated carbocycles. The van der Waals surface area contributed by atoms with E-state index in [0.717, 1.165) is 49.4 Å². The van der Waals surface area contributed by atoms with Gasteiger partial charge in [-0.05, 0) is 110 Å². The number of ether oxygens (including phenoxy) is 2. The average Bonchev–Trinajstić information content (AvgIpc) is 3.81. The van der Waals surface area contributed by atoms with Crippen molar-refractivity contribution in [3.8, 4) is 5.75 Å². The van der Waals surface area contributed by atoms with Crippen LogP contribution in [0.5, 0.6) is 5.75 Å². The van der Waals surface area contributed by atoms with Gasteiger partial charge in [-0.25, -0.2) is 17.8 Å². The second-order valence-corrected chi connectivity index (χ2v) is 17.7. The van der Waals surface area contributed by atoms with Crippen LogP contribution in [0.15, 0.2) is 52.9 Å². The van der Waals surface area contributed by atoms with Crippen molar-refractivity contribution in [3.63, 3.8) is 0 Å². The zero-order valence-corrected chi connectivity index (χ0v) is 30.7. The molecule has 3 aliphatic carbocycles. The summed E-state index contributed by atoms with van der Waals surface area (Å²) in [5.41, 5.74) is 3.22. The van der Waals surface area contributed by atoms with Crippen molar-refractivity contribution in [1.82, 2.24) is 10.0 Å². The molecule has 13 heteroatoms. The Morgan fingerprint density at radius 3 is 2.84 bits per heavy atom. The summed E-state index contributed by atoms with van der Waals surface area (Å²) in [4.78, 5) is 29.3. The van der Waals surface area contributed by atoms with Gasteiger partial charge in [-0.2, -0.15) is 0 Å². The molecule has 0 aromatic heterocycles. The third kappa shape index (κ3) is 7.93. The SMILES string of the molecule is CO[C@H]1/C=C/C[C@H](C)CS(=O)(NC(=O)N[C@H]2C[C@@H]2CC(F)F)=NC(=O)c2ccc3c(c2)N(C[C@@H]2CC[C@H]21)C[C@@]1(CCCc2cc(Cl)ccc21)CO3. The van der Waals surface area contributed by atoms with Crippen LogP contribution in [0.25, 0.3) is 0 Å². The number of allylic oxidation sites excluding steroid dienone is 1. The number of fused-ring (bicyclic) bond motifs is 4. The normalized spacial score (nSPS) is 33.8. The maximum absolute atomic E-state index is 14.4. The highest BCUT2D eigenvalue weighted by atomic mass is 35.5. The Balaban J connectivity index is 1.24. The molecule has 2 heterocycles. The van der Waals surface area contributed by atoms with Gasteiger partial charge < -0.3 is 19.7 Å². The highest BCUT2D eigenvalue weighted by molar-refractivity contribution is 7.92. The summed E-state index contributed by atoms with van der Waals surface area (Å²) >= 11 is 6.44. The van der Waals surface area contributed by atoms with E-state index in [2.05, 4.69) is 37.5 Å². The zero-order valence-electron chi connectivity index (χ0n) is 29.1. The van der Waals surface area contributed by atoms with E-state index < -0.39 is 34.3 Å². The maximum atomic E-state index is 14.4. The average molecular weight is 745 g/mol. The fourth-order valence-electron chi connectivity index (χ4n) is 8.62. The molecule has 1 spiro atoms. The molecule has 9 nitrogen and oxygen atoms in total. The lowest BCUT2D eigenvalue weighted by Crippen LogP contribution is -2.49. The lowest BCUT2D eigenvalue weighted by Gasteiger charge is -2.46. The van der Waals surface area contributed by atoms with Crippen molar-refractivity contribution >= 4 is 39.1 Å². The molecule has 2 N–H and O–H groups in total. The summed E-state index contributed by atoms with van der Waals surface area (Å²) in [6.07, 6.45) is 7.22. The topological polar surface area (TPSA) is 109 Å². The molecule has 3 amide bonds. The number of halogens is 3. The number of aryl methyl sites for hydroxylation is 1. The molecule has 0 radical (unpaired) electrons. The van der Waals surface area contributed by atoms with E-state index in [1.165, 1.54) is 11.1 Å². The molecule has 5 aliphatic rings. The van der Waals surface area contributed by atoms with E-state index in [1.807, 2.05) is 19.1 Å². The van der Waals surface area contributed by atoms with Crippen molar-refractivity contribution in [3.05, 3.63) is 70.3 Å². The smallest absolute Gasteiger partial charge is 0.327 e. The number of alkyl halides is 2. The molecule has 1 unspecified atom stereocenters. The fourth-order valence-corrected chi connectivity index (χ4v) is 10.7. The van der Waals surface area contributed by atoms with Gasteiger partial charge in [0, 0.05) is 48.7 Å². The molecule has 2 aromatic carbocycles. The highest BCUT2D eigenvalue weighted by Crippen LogP contribution is 2.47. The lowest BCUT2D eigenvalue weighted by atomic mass is 9.68. The molecule has 2 bridgehead atoms. The Bertz CT molecular complexity index is 1820. The molecule has 2 fully saturated rings. The van der Waals surface area contributed by atoms with Crippen LogP contribution in [0.1, 0.15) is 73.4 Å². The molecule has 8 atom stereocenters. The molecule has 276 valence electrons. The third-order valence-corrected chi connectivity index (χ3v) is 13.7. The maximum Gasteiger partial charge on any atom is 0.327 e. The summed E-state index contributed by atoms with van der Waals surface area (Å²) in [5, 5.41) is 3.37. The van der Waals surface area contributed by atoms with Gasteiger partial charge in [-0.3, -0.25) is 9.52 Å². The number of anilines is 1. The Kier molecular flexibility index (Phi) is 10.4. The number of urea groups is 1. The Hall–Kier alpha value is -3.22. The van der Waals surface area contributed by atoms with Crippen LogP contribution in [-0.4, -0.2) is 67.3 Å². The van der Waals surface area contributed by atoms with E-state index in [0.29, 0.717) is 43.6 Å². The number of methoxy groups -OCH3 is 1. The molecular weight excluding hydrogens is 698 g/mol. The largest absolute Gasteiger partial charge is 0.490 e. The number of nitrogens with zero attached hydrogens (tertiary/aromatic N) is 2. The zero-order chi connectivity index (χ0) is 35.9. The monoisotopic (exact) mass is 744 g/mol. The predicted octanol–water partition coefficient (Wildman–Crippen LogP) is 7.32. The number of carbonyl (C=O) groups is 2. The van der Waals surface area contributed by atoms with Crippen molar-refractivity contribution in [1.29, 1.82) is 0 Å². The number of hydrogen-bond acceptors (Lipinski definition) is 6. The van der Waals surface area contributed by atoms with Gasteiger partial charge in [0.1, 0.15) is 15.7 Å². The van der Waals surface area contributed by atoms with E-state index in [-0.39, 0.29) is 41.1 Å². The number of nitrogens with one attached hydrogen (secondary N) is 2. The minimum Gasteiger partial charge on any atom is -0.490 e. The first-order valence-corrected chi connectivity index (χ1v) is 20.2. The molecule has 51 heavy (non-hydrogen) atoms. The van der Waals surface area contributed by atoms with Gasteiger partial charge in [0.25, 0.3) is 5.91 Å². The van der Waals surface area contributed by atoms with Crippen LogP contribution in [0, 0.1) is 23.7 Å². The minimum absolute atomic E-state index is 0.0720. The van der Waals surface area contributed by atoms with E-state index in [9.17, 15) is 22.6 Å². The summed E-state index contributed by atoms with van der Waals surface area (Å²) in [7, 11) is -1.87. The molecule has 0 saturated heterocycles. The van der Waals surface area contributed by atoms with Crippen LogP contribution < -0.4 is 19.7 Å². The Morgan fingerprint density at radius 1 is 1.24 bits per heavy atom. The highest BCUT2D eigenvalue weighted by Gasteiger charge is 2.45. The Labute approximate surface area is 304 Å². The summed E-state index contributed by atoms with van der Waals surface area (Å²) in [6, 6.07) is 10.1. The quantitative estimate of drug-likeness (QED) is 0.311. The van der Waals surface area contributed by atoms with Crippen LogP contribution in [0.4, 0.5) is 19.3 Å². The van der Waals surface area contributed by atoms with Crippen molar-refractivity contribution in [2.75, 3.05) is 37.5 Å². The van der Waals surface area contributed by atoms with E-state index >= 15 is 0 Å². The van der Waals surface area contributed by atoms with Gasteiger partial charge in [-0.15, -0.1) is 4.36 Å². The number of hydrogen-bond donors (Lipinski definition) is 2. The Morgan fingerprint density at radius 2 is 2.08 bits per heavy atom. The summed E-state index contributed by atoms with van der Waals surface area (Å²) in [5.74, 6) is 0.00980. The minimum atomic E-state index is -3.61. The third-order valence-electron chi connectivity index (χ3n) is 11.5. The first kappa shape index (κ1) is 36.2. The van der Waals surface area contributed by atoms with Gasteiger partial charge in [0.15, 0.2) is 0 Å². The van der Waals surface area contributed by atoms with Crippen molar-refractivity contribution < 1.29 is 32.1 Å². The summed E-state index contributed by atoms with van der Waals surface area (Å²) in [6.45, 7) is 3.80. The molecule has 2 aromatic rings. The summed E-state index contributed by atoms with van der Waals surface area (Å²) < 4.78 is 59.4. The number of amides is 3. The molecular formula is C38H47ClF2N4O5S. The van der Waals surface area contributed by atoms with Gasteiger partial charge in [0.05, 0.1) is 24.2 Å². The van der Waals surface area contributed by atoms with Crippen LogP contribution in [-0.2, 0) is 26.5 Å². The second-order valence-electron chi connectivity index (χ2n) is 15.3. The first-order chi connectivity index (χ1) is 24.4. The second kappa shape index (κ2) is 14.7. The van der Waals surface area contributed by atoms with Crippen molar-refractivity contribution in [2.45, 2.75) is 82.3 Å². The first-order valence-electron chi connectivity index (χ1n) is 18.1. The number of carbonyl (C=O) groups excluding carboxylic acids is 2. The predicted molar refractivity (Wildman–Crippen MR) is 194 cm³/mol. The lowest BCUT2D eigenvalue weighted by molar-refractivity contribution is 0.0131. The van der Waals surface area contributed by atoms with Crippen LogP contribution >= 0.6 is 11.6 Å². The van der Waals surface area contributed by atoms with Gasteiger partial charge in [-0.1, -0.05) is 36.7 Å². The van der Waals surface area contributed by atoms with Crippen LogP contribution in [0.3, 0.4) is 0 Å². The van der Waals surface area contributed by atoms with Crippen molar-refractivity contribution in [2.24, 2.45) is 28.0 Å². The standard InChI is InChI=1S/C38H47ClF2N4O5S/c1-23-5-3-7-33(49-2)29-11-8-26(29)19-45-21-38(14-4-6-24-15-28(39)10-12-30(24)38)22-50-34-13-9-25(17-32(34)45)36(46)43-51(48,20-23)44-37(47)42-31-16-27(31)18-35(40)41/h3,7,9-10,12-13,15,17,23,26-27,29,31,33,35H,4-6,8,11,14,16,18-22H2,1-2H3,(H2,42,43,44,46,47,48)/b7-3+/t23-,26-,27+,29+,31-,33-,38-,51?/m0/s1. The fraction of sp³-hybridized carbons (Fsp3) is 0.579. The van der Waals surface area contributed by atoms with Gasteiger partial charge in [0.2, 0.25) is 6.43 Å². The molecule has 7 rings (SSSR count).